The minimum atomic E-state index is -1.82. The third kappa shape index (κ3) is 9.40. The molecule has 0 rings (SSSR count). The van der Waals surface area contributed by atoms with Gasteiger partial charge in [-0.2, -0.15) is 0 Å². The van der Waals surface area contributed by atoms with E-state index in [0.717, 1.165) is 0 Å². The summed E-state index contributed by atoms with van der Waals surface area (Å²) in [7, 11) is 3.74. The molecule has 0 aliphatic rings. The molecule has 0 saturated heterocycles. The van der Waals surface area contributed by atoms with Crippen molar-refractivity contribution in [2.45, 2.75) is 6.10 Å². The van der Waals surface area contributed by atoms with Gasteiger partial charge in [-0.25, -0.2) is 0 Å². The fraction of sp³-hybridized carbons (Fsp3) is 0.875. The van der Waals surface area contributed by atoms with E-state index in [9.17, 15) is 9.69 Å². The summed E-state index contributed by atoms with van der Waals surface area (Å²) < 4.78 is 0.452. The Morgan fingerprint density at radius 2 is 1.87 bits per heavy atom. The van der Waals surface area contributed by atoms with Crippen LogP contribution >= 0.6 is 8.15 Å². The summed E-state index contributed by atoms with van der Waals surface area (Å²) in [6.45, 7) is -0.183. The van der Waals surface area contributed by atoms with Crippen molar-refractivity contribution >= 4 is 31.0 Å². The van der Waals surface area contributed by atoms with Gasteiger partial charge in [-0.05, 0) is 0 Å². The van der Waals surface area contributed by atoms with Crippen molar-refractivity contribution in [2.75, 3.05) is 40.5 Å². The second-order valence-electron chi connectivity index (χ2n) is 4.26. The van der Waals surface area contributed by atoms with Gasteiger partial charge in [-0.3, -0.25) is 4.79 Å². The fourth-order valence-corrected chi connectivity index (χ4v) is 2.15. The topological polar surface area (TPSA) is 77.8 Å². The Labute approximate surface area is 102 Å². The molecule has 0 spiro atoms. The first-order valence-corrected chi connectivity index (χ1v) is 5.83. The SMILES string of the molecule is C[N+](C)(C)CC(=O)P(O)CC(O)CO.[Al]. The molecular formula is C8H19AlNO4P+. The third-order valence-corrected chi connectivity index (χ3v) is 2.98. The second kappa shape index (κ2) is 7.70. The first-order valence-electron chi connectivity index (χ1n) is 4.35. The molecule has 87 valence electrons. The van der Waals surface area contributed by atoms with Crippen LogP contribution < -0.4 is 0 Å². The highest BCUT2D eigenvalue weighted by Crippen LogP contribution is 2.32. The van der Waals surface area contributed by atoms with Crippen LogP contribution in [0, 0.1) is 0 Å². The van der Waals surface area contributed by atoms with Crippen molar-refractivity contribution in [3.05, 3.63) is 0 Å². The van der Waals surface area contributed by atoms with Crippen molar-refractivity contribution in [1.29, 1.82) is 0 Å². The molecule has 0 amide bonds. The number of hydrogen-bond donors (Lipinski definition) is 3. The molecule has 0 saturated carbocycles. The van der Waals surface area contributed by atoms with Gasteiger partial charge >= 0.3 is 0 Å². The average molecular weight is 251 g/mol. The minimum Gasteiger partial charge on any atom is -0.394 e. The van der Waals surface area contributed by atoms with E-state index >= 15 is 0 Å². The second-order valence-corrected chi connectivity index (χ2v) is 5.92. The Morgan fingerprint density at radius 1 is 1.40 bits per heavy atom. The van der Waals surface area contributed by atoms with Gasteiger partial charge in [0.15, 0.2) is 0 Å². The van der Waals surface area contributed by atoms with Crippen molar-refractivity contribution in [2.24, 2.45) is 0 Å². The van der Waals surface area contributed by atoms with E-state index in [2.05, 4.69) is 0 Å². The molecule has 15 heavy (non-hydrogen) atoms. The van der Waals surface area contributed by atoms with Crippen LogP contribution in [-0.4, -0.2) is 89.0 Å². The molecule has 0 aromatic rings. The lowest BCUT2D eigenvalue weighted by Gasteiger charge is -2.24. The zero-order valence-electron chi connectivity index (χ0n) is 9.42. The first-order chi connectivity index (χ1) is 6.26. The molecule has 3 radical (unpaired) electrons. The third-order valence-electron chi connectivity index (χ3n) is 1.49. The number of aliphatic hydroxyl groups is 2. The number of aliphatic hydroxyl groups excluding tert-OH is 2. The van der Waals surface area contributed by atoms with E-state index in [4.69, 9.17) is 10.2 Å². The summed E-state index contributed by atoms with van der Waals surface area (Å²) >= 11 is 0. The maximum absolute atomic E-state index is 11.4. The van der Waals surface area contributed by atoms with E-state index in [1.54, 1.807) is 0 Å². The van der Waals surface area contributed by atoms with Crippen LogP contribution in [0.3, 0.4) is 0 Å². The van der Waals surface area contributed by atoms with Crippen LogP contribution in [0.2, 0.25) is 0 Å². The monoisotopic (exact) mass is 251 g/mol. The lowest BCUT2D eigenvalue weighted by Crippen LogP contribution is -2.39. The number of carbonyl (C=O) groups excluding carboxylic acids is 1. The maximum atomic E-state index is 11.4. The highest BCUT2D eigenvalue weighted by molar-refractivity contribution is 7.69. The molecule has 2 unspecified atom stereocenters. The van der Waals surface area contributed by atoms with E-state index < -0.39 is 20.9 Å². The number of nitrogens with zero attached hydrogens (tertiary/aromatic N) is 1. The molecule has 7 heteroatoms. The molecule has 3 N–H and O–H groups in total. The van der Waals surface area contributed by atoms with Gasteiger partial charge < -0.3 is 19.6 Å². The Balaban J connectivity index is 0. The molecular weight excluding hydrogens is 232 g/mol. The minimum absolute atomic E-state index is 0. The molecule has 0 fully saturated rings. The number of hydrogen-bond acceptors (Lipinski definition) is 4. The summed E-state index contributed by atoms with van der Waals surface area (Å²) in [5, 5.41) is 17.6. The quantitative estimate of drug-likeness (QED) is 0.307. The number of quaternary nitrogens is 1. The fourth-order valence-electron chi connectivity index (χ4n) is 0.847. The van der Waals surface area contributed by atoms with Gasteiger partial charge in [0.25, 0.3) is 0 Å². The molecule has 5 nitrogen and oxygen atoms in total. The first kappa shape index (κ1) is 17.9. The van der Waals surface area contributed by atoms with E-state index in [-0.39, 0.29) is 35.6 Å². The predicted molar refractivity (Wildman–Crippen MR) is 60.8 cm³/mol. The van der Waals surface area contributed by atoms with E-state index in [1.807, 2.05) is 21.1 Å². The number of likely N-dealkylation sites (N-methyl/N-ethyl adjacent to an activating group) is 1. The van der Waals surface area contributed by atoms with Gasteiger partial charge in [-0.15, -0.1) is 0 Å². The van der Waals surface area contributed by atoms with Gasteiger partial charge in [0.1, 0.15) is 14.7 Å². The highest BCUT2D eigenvalue weighted by Gasteiger charge is 2.24. The van der Waals surface area contributed by atoms with Crippen LogP contribution in [0.1, 0.15) is 0 Å². The van der Waals surface area contributed by atoms with Crippen molar-refractivity contribution in [1.82, 2.24) is 0 Å². The molecule has 0 aliphatic heterocycles. The Morgan fingerprint density at radius 3 is 2.20 bits per heavy atom. The summed E-state index contributed by atoms with van der Waals surface area (Å²) in [4.78, 5) is 20.8. The molecule has 0 aliphatic carbocycles. The van der Waals surface area contributed by atoms with Gasteiger partial charge in [0.05, 0.1) is 33.9 Å². The number of rotatable bonds is 6. The van der Waals surface area contributed by atoms with Crippen molar-refractivity contribution < 1.29 is 24.4 Å². The summed E-state index contributed by atoms with van der Waals surface area (Å²) in [5.74, 6) is 0. The van der Waals surface area contributed by atoms with Crippen LogP contribution in [0.4, 0.5) is 0 Å². The standard InChI is InChI=1S/C8H19NO4P.Al/c1-9(2,3)4-8(12)14(13)6-7(11)5-10;/h7,10-11,13H,4-6H2,1-3H3;/q+1;. The van der Waals surface area contributed by atoms with Crippen LogP contribution in [0.25, 0.3) is 0 Å². The summed E-state index contributed by atoms with van der Waals surface area (Å²) in [6, 6.07) is 0. The van der Waals surface area contributed by atoms with Crippen molar-refractivity contribution in [3.63, 3.8) is 0 Å². The highest BCUT2D eigenvalue weighted by atomic mass is 31.1. The lowest BCUT2D eigenvalue weighted by molar-refractivity contribution is -0.861. The predicted octanol–water partition coefficient (Wildman–Crippen LogP) is -1.42. The lowest BCUT2D eigenvalue weighted by atomic mass is 10.4. The van der Waals surface area contributed by atoms with E-state index in [0.29, 0.717) is 4.48 Å². The smallest absolute Gasteiger partial charge is 0.235 e. The Hall–Kier alpha value is 0.472. The molecule has 2 atom stereocenters. The maximum Gasteiger partial charge on any atom is 0.235 e. The van der Waals surface area contributed by atoms with Gasteiger partial charge in [0.2, 0.25) is 5.52 Å². The Kier molecular flexibility index (Phi) is 9.16. The normalized spacial score (nSPS) is 15.3. The molecule has 0 heterocycles. The van der Waals surface area contributed by atoms with Crippen LogP contribution in [0.5, 0.6) is 0 Å². The summed E-state index contributed by atoms with van der Waals surface area (Å²) in [6.07, 6.45) is -1.03. The van der Waals surface area contributed by atoms with Crippen LogP contribution in [0.15, 0.2) is 0 Å². The zero-order valence-corrected chi connectivity index (χ0v) is 11.5. The molecule has 0 bridgehead atoms. The average Bonchev–Trinajstić information content (AvgIpc) is 2.00. The largest absolute Gasteiger partial charge is 0.394 e. The number of carbonyl (C=O) groups is 1. The molecule has 0 aromatic carbocycles. The van der Waals surface area contributed by atoms with E-state index in [1.165, 1.54) is 0 Å². The van der Waals surface area contributed by atoms with Crippen LogP contribution in [-0.2, 0) is 4.79 Å². The zero-order chi connectivity index (χ0) is 11.4. The van der Waals surface area contributed by atoms with Gasteiger partial charge in [-0.1, -0.05) is 0 Å². The van der Waals surface area contributed by atoms with Crippen molar-refractivity contribution in [3.8, 4) is 0 Å². The van der Waals surface area contributed by atoms with Gasteiger partial charge in [0, 0.05) is 23.5 Å². The molecule has 0 aromatic heterocycles. The summed E-state index contributed by atoms with van der Waals surface area (Å²) in [5.41, 5.74) is -0.250. The Bertz CT molecular complexity index is 198.